The van der Waals surface area contributed by atoms with Crippen LogP contribution in [-0.2, 0) is 27.5 Å². The second kappa shape index (κ2) is 8.73. The van der Waals surface area contributed by atoms with E-state index in [1.807, 2.05) is 11.0 Å². The lowest BCUT2D eigenvalue weighted by Crippen LogP contribution is -2.49. The van der Waals surface area contributed by atoms with Crippen LogP contribution in [0.1, 0.15) is 24.0 Å². The van der Waals surface area contributed by atoms with Crippen molar-refractivity contribution in [2.24, 2.45) is 0 Å². The molecule has 2 aliphatic rings. The lowest BCUT2D eigenvalue weighted by atomic mass is 10.1. The molecule has 0 spiro atoms. The minimum absolute atomic E-state index is 0.0145. The maximum absolute atomic E-state index is 12.7. The van der Waals surface area contributed by atoms with Crippen molar-refractivity contribution in [1.29, 1.82) is 0 Å². The fourth-order valence-corrected chi connectivity index (χ4v) is 5.82. The summed E-state index contributed by atoms with van der Waals surface area (Å²) in [7, 11) is -3.48. The minimum atomic E-state index is -3.48. The molecule has 0 atom stereocenters. The van der Waals surface area contributed by atoms with Crippen molar-refractivity contribution in [3.05, 3.63) is 51.6 Å². The molecule has 1 aromatic heterocycles. The Hall–Kier alpha value is -1.83. The molecule has 1 aromatic carbocycles. The van der Waals surface area contributed by atoms with Crippen LogP contribution in [0.2, 0.25) is 10.0 Å². The number of benzene rings is 1. The largest absolute Gasteiger partial charge is 0.352 e. The molecule has 1 fully saturated rings. The second-order valence-electron chi connectivity index (χ2n) is 7.68. The molecule has 160 valence electrons. The number of aromatic nitrogens is 1. The van der Waals surface area contributed by atoms with Gasteiger partial charge in [-0.1, -0.05) is 29.3 Å². The van der Waals surface area contributed by atoms with Crippen molar-refractivity contribution in [3.8, 4) is 0 Å². The Bertz CT molecular complexity index is 1070. The number of nitrogens with zero attached hydrogens (tertiary/aromatic N) is 3. The van der Waals surface area contributed by atoms with E-state index in [1.54, 1.807) is 29.3 Å². The molecular weight excluding hydrogens is 445 g/mol. The molecule has 0 bridgehead atoms. The van der Waals surface area contributed by atoms with Gasteiger partial charge in [-0.2, -0.15) is 0 Å². The molecule has 1 aliphatic heterocycles. The summed E-state index contributed by atoms with van der Waals surface area (Å²) in [4.78, 5) is 20.9. The predicted octanol–water partition coefficient (Wildman–Crippen LogP) is 3.39. The van der Waals surface area contributed by atoms with Gasteiger partial charge in [0.15, 0.2) is 9.84 Å². The van der Waals surface area contributed by atoms with Crippen molar-refractivity contribution >= 4 is 44.8 Å². The van der Waals surface area contributed by atoms with Crippen molar-refractivity contribution < 1.29 is 13.2 Å². The van der Waals surface area contributed by atoms with Crippen LogP contribution in [0.25, 0.3) is 0 Å². The third-order valence-electron chi connectivity index (χ3n) is 5.73. The van der Waals surface area contributed by atoms with E-state index in [2.05, 4.69) is 4.98 Å². The Morgan fingerprint density at radius 2 is 1.77 bits per heavy atom. The summed E-state index contributed by atoms with van der Waals surface area (Å²) < 4.78 is 25.4. The highest BCUT2D eigenvalue weighted by molar-refractivity contribution is 7.91. The van der Waals surface area contributed by atoms with Gasteiger partial charge in [0, 0.05) is 38.8 Å². The summed E-state index contributed by atoms with van der Waals surface area (Å²) in [5.74, 6) is 0.331. The Morgan fingerprint density at radius 3 is 2.50 bits per heavy atom. The van der Waals surface area contributed by atoms with Gasteiger partial charge in [0.05, 0.1) is 20.7 Å². The van der Waals surface area contributed by atoms with E-state index in [0.717, 1.165) is 24.8 Å². The molecule has 2 aromatic rings. The minimum Gasteiger partial charge on any atom is -0.352 e. The molecule has 0 radical (unpaired) electrons. The Kier molecular flexibility index (Phi) is 6.23. The quantitative estimate of drug-likeness (QED) is 0.673. The zero-order chi connectivity index (χ0) is 21.3. The van der Waals surface area contributed by atoms with Gasteiger partial charge in [-0.05, 0) is 48.6 Å². The average molecular weight is 468 g/mol. The standard InChI is InChI=1S/C21H23Cl2N3O3S/c22-17-13-19(23)21(24-14-17)26-9-7-25(8-10-26)20(27)6-11-30(28,29)18-5-4-15-2-1-3-16(15)12-18/h4-5,12-14H,1-3,6-11H2. The van der Waals surface area contributed by atoms with Crippen LogP contribution in [0.15, 0.2) is 35.4 Å². The Balaban J connectivity index is 1.32. The van der Waals surface area contributed by atoms with Crippen LogP contribution in [-0.4, -0.2) is 56.1 Å². The summed E-state index contributed by atoms with van der Waals surface area (Å²) in [5, 5.41) is 0.949. The summed E-state index contributed by atoms with van der Waals surface area (Å²) in [6, 6.07) is 7.01. The number of carbonyl (C=O) groups is 1. The van der Waals surface area contributed by atoms with E-state index in [0.29, 0.717) is 46.9 Å². The smallest absolute Gasteiger partial charge is 0.223 e. The second-order valence-corrected chi connectivity index (χ2v) is 10.6. The molecular formula is C21H23Cl2N3O3S. The summed E-state index contributed by atoms with van der Waals surface area (Å²) in [6.07, 6.45) is 4.54. The molecule has 0 N–H and O–H groups in total. The number of rotatable bonds is 5. The number of hydrogen-bond acceptors (Lipinski definition) is 5. The number of carbonyl (C=O) groups excluding carboxylic acids is 1. The number of piperazine rings is 1. The number of halogens is 2. The van der Waals surface area contributed by atoms with Crippen LogP contribution < -0.4 is 4.90 Å². The number of sulfone groups is 1. The van der Waals surface area contributed by atoms with Crippen LogP contribution in [0.4, 0.5) is 5.82 Å². The lowest BCUT2D eigenvalue weighted by molar-refractivity contribution is -0.131. The number of hydrogen-bond donors (Lipinski definition) is 0. The van der Waals surface area contributed by atoms with Crippen LogP contribution in [0, 0.1) is 0 Å². The topological polar surface area (TPSA) is 70.6 Å². The lowest BCUT2D eigenvalue weighted by Gasteiger charge is -2.35. The molecule has 0 unspecified atom stereocenters. The van der Waals surface area contributed by atoms with E-state index < -0.39 is 9.84 Å². The van der Waals surface area contributed by atoms with E-state index in [9.17, 15) is 13.2 Å². The molecule has 30 heavy (non-hydrogen) atoms. The molecule has 1 saturated heterocycles. The molecule has 6 nitrogen and oxygen atoms in total. The van der Waals surface area contributed by atoms with Gasteiger partial charge in [0.1, 0.15) is 5.82 Å². The molecule has 4 rings (SSSR count). The Labute approximate surface area is 186 Å². The highest BCUT2D eigenvalue weighted by atomic mass is 35.5. The first-order valence-corrected chi connectivity index (χ1v) is 12.4. The molecule has 1 aliphatic carbocycles. The van der Waals surface area contributed by atoms with Gasteiger partial charge in [-0.3, -0.25) is 4.79 Å². The average Bonchev–Trinajstić information content (AvgIpc) is 3.20. The van der Waals surface area contributed by atoms with Crippen molar-refractivity contribution in [2.75, 3.05) is 36.8 Å². The summed E-state index contributed by atoms with van der Waals surface area (Å²) >= 11 is 12.1. The third kappa shape index (κ3) is 4.58. The van der Waals surface area contributed by atoms with Crippen LogP contribution in [0.3, 0.4) is 0 Å². The fraction of sp³-hybridized carbons (Fsp3) is 0.429. The van der Waals surface area contributed by atoms with Gasteiger partial charge >= 0.3 is 0 Å². The highest BCUT2D eigenvalue weighted by Crippen LogP contribution is 2.27. The zero-order valence-corrected chi connectivity index (χ0v) is 18.8. The molecule has 2 heterocycles. The van der Waals surface area contributed by atoms with Gasteiger partial charge in [0.25, 0.3) is 0 Å². The number of pyridine rings is 1. The first-order valence-electron chi connectivity index (χ1n) is 10.0. The van der Waals surface area contributed by atoms with Crippen LogP contribution >= 0.6 is 23.2 Å². The van der Waals surface area contributed by atoms with Gasteiger partial charge in [0.2, 0.25) is 5.91 Å². The van der Waals surface area contributed by atoms with Crippen molar-refractivity contribution in [1.82, 2.24) is 9.88 Å². The molecule has 0 saturated carbocycles. The van der Waals surface area contributed by atoms with Gasteiger partial charge in [-0.25, -0.2) is 13.4 Å². The monoisotopic (exact) mass is 467 g/mol. The maximum atomic E-state index is 12.7. The maximum Gasteiger partial charge on any atom is 0.223 e. The predicted molar refractivity (Wildman–Crippen MR) is 118 cm³/mol. The van der Waals surface area contributed by atoms with Crippen molar-refractivity contribution in [3.63, 3.8) is 0 Å². The van der Waals surface area contributed by atoms with Crippen molar-refractivity contribution in [2.45, 2.75) is 30.6 Å². The normalized spacial score (nSPS) is 16.6. The van der Waals surface area contributed by atoms with Crippen LogP contribution in [0.5, 0.6) is 0 Å². The highest BCUT2D eigenvalue weighted by Gasteiger charge is 2.25. The van der Waals surface area contributed by atoms with Gasteiger partial charge in [-0.15, -0.1) is 0 Å². The fourth-order valence-electron chi connectivity index (χ4n) is 4.05. The van der Waals surface area contributed by atoms with E-state index in [4.69, 9.17) is 23.2 Å². The van der Waals surface area contributed by atoms with E-state index in [-0.39, 0.29) is 18.1 Å². The number of fused-ring (bicyclic) bond motifs is 1. The summed E-state index contributed by atoms with van der Waals surface area (Å²) in [5.41, 5.74) is 2.35. The molecule has 1 amide bonds. The SMILES string of the molecule is O=C(CCS(=O)(=O)c1ccc2c(c1)CCC2)N1CCN(c2ncc(Cl)cc2Cl)CC1. The first-order chi connectivity index (χ1) is 14.3. The third-order valence-corrected chi connectivity index (χ3v) is 7.93. The van der Waals surface area contributed by atoms with E-state index in [1.165, 1.54) is 5.56 Å². The molecule has 9 heteroatoms. The number of amides is 1. The first kappa shape index (κ1) is 21.4. The zero-order valence-electron chi connectivity index (χ0n) is 16.5. The Morgan fingerprint density at radius 1 is 1.03 bits per heavy atom. The number of anilines is 1. The summed E-state index contributed by atoms with van der Waals surface area (Å²) in [6.45, 7) is 2.16. The number of aryl methyl sites for hydroxylation is 2. The van der Waals surface area contributed by atoms with E-state index >= 15 is 0 Å². The van der Waals surface area contributed by atoms with Gasteiger partial charge < -0.3 is 9.80 Å².